The monoisotopic (exact) mass is 455 g/mol. The Hall–Kier alpha value is -3.35. The number of nitrogens with zero attached hydrogens (tertiary/aromatic N) is 1. The summed E-state index contributed by atoms with van der Waals surface area (Å²) >= 11 is 11.9. The molecule has 0 aliphatic heterocycles. The third-order valence-electron chi connectivity index (χ3n) is 4.19. The predicted octanol–water partition coefficient (Wildman–Crippen LogP) is 4.97. The van der Waals surface area contributed by atoms with Crippen molar-refractivity contribution in [1.29, 1.82) is 0 Å². The molecule has 0 unspecified atom stereocenters. The Bertz CT molecular complexity index is 1120. The van der Waals surface area contributed by atoms with Crippen molar-refractivity contribution in [2.24, 2.45) is 5.10 Å². The normalized spacial score (nSPS) is 10.7. The standard InChI is InChI=1S/C23H19Cl2N3O3/c1-15-5-10-19(12-21(15)25)27-22(29)23(30)28-26-13-17-3-2-4-20(11-17)31-14-16-6-8-18(24)9-7-16/h2-13H,14H2,1H3,(H,27,29)(H,28,30)/b26-13+. The number of carbonyl (C=O) groups excluding carboxylic acids is 2. The van der Waals surface area contributed by atoms with Gasteiger partial charge in [0.25, 0.3) is 0 Å². The zero-order valence-corrected chi connectivity index (χ0v) is 18.1. The van der Waals surface area contributed by atoms with Crippen LogP contribution in [0, 0.1) is 6.92 Å². The van der Waals surface area contributed by atoms with Crippen molar-refractivity contribution in [3.05, 3.63) is 93.5 Å². The van der Waals surface area contributed by atoms with Crippen molar-refractivity contribution in [3.63, 3.8) is 0 Å². The molecule has 2 N–H and O–H groups in total. The number of hydrogen-bond donors (Lipinski definition) is 2. The summed E-state index contributed by atoms with van der Waals surface area (Å²) in [4.78, 5) is 23.9. The number of amides is 2. The lowest BCUT2D eigenvalue weighted by molar-refractivity contribution is -0.136. The molecule has 0 radical (unpaired) electrons. The van der Waals surface area contributed by atoms with Crippen LogP contribution in [-0.2, 0) is 16.2 Å². The minimum Gasteiger partial charge on any atom is -0.489 e. The van der Waals surface area contributed by atoms with Gasteiger partial charge in [-0.05, 0) is 60.0 Å². The van der Waals surface area contributed by atoms with E-state index in [2.05, 4.69) is 15.8 Å². The molecule has 0 aromatic heterocycles. The SMILES string of the molecule is Cc1ccc(NC(=O)C(=O)N/N=C/c2cccc(OCc3ccc(Cl)cc3)c2)cc1Cl. The van der Waals surface area contributed by atoms with Crippen LogP contribution in [0.15, 0.2) is 71.8 Å². The van der Waals surface area contributed by atoms with Gasteiger partial charge >= 0.3 is 11.8 Å². The number of aryl methyl sites for hydroxylation is 1. The summed E-state index contributed by atoms with van der Waals surface area (Å²) in [6, 6.07) is 19.5. The Labute approximate surface area is 189 Å². The van der Waals surface area contributed by atoms with E-state index >= 15 is 0 Å². The van der Waals surface area contributed by atoms with Gasteiger partial charge in [0.2, 0.25) is 0 Å². The number of hydrazone groups is 1. The van der Waals surface area contributed by atoms with Crippen LogP contribution in [0.25, 0.3) is 0 Å². The molecule has 0 heterocycles. The van der Waals surface area contributed by atoms with Crippen molar-refractivity contribution in [2.45, 2.75) is 13.5 Å². The highest BCUT2D eigenvalue weighted by Gasteiger charge is 2.13. The molecule has 2 amide bonds. The van der Waals surface area contributed by atoms with E-state index < -0.39 is 11.8 Å². The predicted molar refractivity (Wildman–Crippen MR) is 123 cm³/mol. The summed E-state index contributed by atoms with van der Waals surface area (Å²) in [6.45, 7) is 2.23. The Morgan fingerprint density at radius 1 is 1.00 bits per heavy atom. The minimum atomic E-state index is -0.900. The van der Waals surface area contributed by atoms with Crippen molar-refractivity contribution in [1.82, 2.24) is 5.43 Å². The number of carbonyl (C=O) groups is 2. The molecule has 0 bridgehead atoms. The van der Waals surface area contributed by atoms with Gasteiger partial charge in [-0.2, -0.15) is 5.10 Å². The van der Waals surface area contributed by atoms with Crippen LogP contribution < -0.4 is 15.5 Å². The maximum atomic E-state index is 12.0. The highest BCUT2D eigenvalue weighted by atomic mass is 35.5. The lowest BCUT2D eigenvalue weighted by Gasteiger charge is -2.07. The summed E-state index contributed by atoms with van der Waals surface area (Å²) in [7, 11) is 0. The molecule has 6 nitrogen and oxygen atoms in total. The van der Waals surface area contributed by atoms with Crippen LogP contribution >= 0.6 is 23.2 Å². The smallest absolute Gasteiger partial charge is 0.329 e. The van der Waals surface area contributed by atoms with E-state index in [1.807, 2.05) is 25.1 Å². The van der Waals surface area contributed by atoms with E-state index in [1.165, 1.54) is 6.21 Å². The van der Waals surface area contributed by atoms with Gasteiger partial charge in [-0.3, -0.25) is 9.59 Å². The number of benzene rings is 3. The first-order chi connectivity index (χ1) is 14.9. The van der Waals surface area contributed by atoms with E-state index in [4.69, 9.17) is 27.9 Å². The Morgan fingerprint density at radius 3 is 2.52 bits per heavy atom. The van der Waals surface area contributed by atoms with Gasteiger partial charge in [-0.25, -0.2) is 5.43 Å². The molecular weight excluding hydrogens is 437 g/mol. The second-order valence-corrected chi connectivity index (χ2v) is 7.45. The number of hydrogen-bond acceptors (Lipinski definition) is 4. The fourth-order valence-corrected chi connectivity index (χ4v) is 2.81. The fourth-order valence-electron chi connectivity index (χ4n) is 2.51. The Morgan fingerprint density at radius 2 is 1.77 bits per heavy atom. The summed E-state index contributed by atoms with van der Waals surface area (Å²) in [6.07, 6.45) is 1.42. The molecule has 0 aliphatic rings. The van der Waals surface area contributed by atoms with Crippen molar-refractivity contribution < 1.29 is 14.3 Å². The van der Waals surface area contributed by atoms with Crippen molar-refractivity contribution in [2.75, 3.05) is 5.32 Å². The molecule has 0 spiro atoms. The highest BCUT2D eigenvalue weighted by molar-refractivity contribution is 6.39. The number of rotatable bonds is 6. The van der Waals surface area contributed by atoms with Gasteiger partial charge in [0.15, 0.2) is 0 Å². The molecule has 31 heavy (non-hydrogen) atoms. The van der Waals surface area contributed by atoms with Crippen molar-refractivity contribution >= 4 is 46.9 Å². The zero-order chi connectivity index (χ0) is 22.2. The van der Waals surface area contributed by atoms with E-state index in [-0.39, 0.29) is 0 Å². The molecule has 3 aromatic carbocycles. The molecular formula is C23H19Cl2N3O3. The molecule has 0 atom stereocenters. The molecule has 3 rings (SSSR count). The van der Waals surface area contributed by atoms with Gasteiger partial charge in [0.05, 0.1) is 6.21 Å². The highest BCUT2D eigenvalue weighted by Crippen LogP contribution is 2.20. The number of ether oxygens (including phenoxy) is 1. The third-order valence-corrected chi connectivity index (χ3v) is 4.85. The van der Waals surface area contributed by atoms with Crippen LogP contribution in [0.1, 0.15) is 16.7 Å². The van der Waals surface area contributed by atoms with Gasteiger partial charge in [-0.1, -0.05) is 53.5 Å². The van der Waals surface area contributed by atoms with E-state index in [9.17, 15) is 9.59 Å². The Kier molecular flexibility index (Phi) is 7.65. The van der Waals surface area contributed by atoms with Crippen LogP contribution in [0.4, 0.5) is 5.69 Å². The molecule has 0 saturated carbocycles. The largest absolute Gasteiger partial charge is 0.489 e. The van der Waals surface area contributed by atoms with Crippen LogP contribution in [0.2, 0.25) is 10.0 Å². The van der Waals surface area contributed by atoms with Gasteiger partial charge in [-0.15, -0.1) is 0 Å². The van der Waals surface area contributed by atoms with Crippen molar-refractivity contribution in [3.8, 4) is 5.75 Å². The quantitative estimate of drug-likeness (QED) is 0.312. The molecule has 0 saturated heterocycles. The Balaban J connectivity index is 1.52. The number of nitrogens with one attached hydrogen (secondary N) is 2. The van der Waals surface area contributed by atoms with Crippen LogP contribution in [0.3, 0.4) is 0 Å². The first kappa shape index (κ1) is 22.3. The summed E-state index contributed by atoms with van der Waals surface area (Å²) < 4.78 is 5.76. The average Bonchev–Trinajstić information content (AvgIpc) is 2.76. The minimum absolute atomic E-state index is 0.387. The maximum absolute atomic E-state index is 12.0. The van der Waals surface area contributed by atoms with Gasteiger partial charge in [0.1, 0.15) is 12.4 Å². The van der Waals surface area contributed by atoms with Crippen LogP contribution in [-0.4, -0.2) is 18.0 Å². The van der Waals surface area contributed by atoms with E-state index in [0.29, 0.717) is 33.7 Å². The van der Waals surface area contributed by atoms with E-state index in [0.717, 1.165) is 11.1 Å². The van der Waals surface area contributed by atoms with Crippen LogP contribution in [0.5, 0.6) is 5.75 Å². The second kappa shape index (κ2) is 10.6. The maximum Gasteiger partial charge on any atom is 0.329 e. The number of halogens is 2. The topological polar surface area (TPSA) is 79.8 Å². The molecule has 8 heteroatoms. The molecule has 0 aliphatic carbocycles. The van der Waals surface area contributed by atoms with Gasteiger partial charge < -0.3 is 10.1 Å². The fraction of sp³-hybridized carbons (Fsp3) is 0.0870. The lowest BCUT2D eigenvalue weighted by Crippen LogP contribution is -2.32. The zero-order valence-electron chi connectivity index (χ0n) is 16.6. The lowest BCUT2D eigenvalue weighted by atomic mass is 10.2. The molecule has 158 valence electrons. The first-order valence-corrected chi connectivity index (χ1v) is 10.0. The first-order valence-electron chi connectivity index (χ1n) is 9.28. The molecule has 0 fully saturated rings. The second-order valence-electron chi connectivity index (χ2n) is 6.60. The summed E-state index contributed by atoms with van der Waals surface area (Å²) in [5, 5.41) is 7.45. The summed E-state index contributed by atoms with van der Waals surface area (Å²) in [5.41, 5.74) is 5.16. The summed E-state index contributed by atoms with van der Waals surface area (Å²) in [5.74, 6) is -1.11. The average molecular weight is 456 g/mol. The van der Waals surface area contributed by atoms with E-state index in [1.54, 1.807) is 48.5 Å². The molecule has 3 aromatic rings. The van der Waals surface area contributed by atoms with Gasteiger partial charge in [0, 0.05) is 15.7 Å². The number of anilines is 1. The third kappa shape index (κ3) is 6.84.